The number of hydrogen-bond donors (Lipinski definition) is 1. The highest BCUT2D eigenvalue weighted by atomic mass is 16.3. The van der Waals surface area contributed by atoms with Crippen molar-refractivity contribution in [2.45, 2.75) is 13.3 Å². The second kappa shape index (κ2) is 7.46. The molecule has 0 spiro atoms. The van der Waals surface area contributed by atoms with Crippen LogP contribution in [0.25, 0.3) is 22.4 Å². The summed E-state index contributed by atoms with van der Waals surface area (Å²) in [5.41, 5.74) is 7.14. The lowest BCUT2D eigenvalue weighted by molar-refractivity contribution is 0.477. The van der Waals surface area contributed by atoms with Crippen molar-refractivity contribution in [3.63, 3.8) is 0 Å². The van der Waals surface area contributed by atoms with Crippen molar-refractivity contribution in [2.24, 2.45) is 0 Å². The number of aromatic hydroxyl groups is 1. The van der Waals surface area contributed by atoms with Crippen molar-refractivity contribution in [3.05, 3.63) is 108 Å². The van der Waals surface area contributed by atoms with Gasteiger partial charge in [-0.05, 0) is 48.2 Å². The Labute approximate surface area is 159 Å². The SMILES string of the molecule is Cc1nc(-c2ccccc2O)c(-c2ccccc2)cc1Cc1ccccc1. The van der Waals surface area contributed by atoms with E-state index in [1.165, 1.54) is 11.1 Å². The molecule has 1 aromatic heterocycles. The van der Waals surface area contributed by atoms with E-state index in [2.05, 4.69) is 42.5 Å². The molecule has 2 nitrogen and oxygen atoms in total. The van der Waals surface area contributed by atoms with Crippen molar-refractivity contribution in [2.75, 3.05) is 0 Å². The van der Waals surface area contributed by atoms with Crippen LogP contribution in [-0.4, -0.2) is 10.1 Å². The Balaban J connectivity index is 1.89. The number of benzene rings is 3. The normalized spacial score (nSPS) is 10.7. The summed E-state index contributed by atoms with van der Waals surface area (Å²) in [6, 6.07) is 30.3. The fourth-order valence-electron chi connectivity index (χ4n) is 3.36. The summed E-state index contributed by atoms with van der Waals surface area (Å²) in [7, 11) is 0. The average molecular weight is 351 g/mol. The average Bonchev–Trinajstić information content (AvgIpc) is 2.71. The maximum absolute atomic E-state index is 10.4. The molecule has 0 saturated heterocycles. The van der Waals surface area contributed by atoms with Crippen LogP contribution in [0.2, 0.25) is 0 Å². The molecule has 2 heteroatoms. The quantitative estimate of drug-likeness (QED) is 0.487. The largest absolute Gasteiger partial charge is 0.507 e. The number of pyridine rings is 1. The topological polar surface area (TPSA) is 33.1 Å². The number of aryl methyl sites for hydroxylation is 1. The highest BCUT2D eigenvalue weighted by Crippen LogP contribution is 2.36. The third kappa shape index (κ3) is 3.61. The van der Waals surface area contributed by atoms with E-state index < -0.39 is 0 Å². The molecule has 0 aliphatic heterocycles. The number of phenolic OH excluding ortho intramolecular Hbond substituents is 1. The predicted octanol–water partition coefficient (Wildman–Crippen LogP) is 6.02. The van der Waals surface area contributed by atoms with Crippen LogP contribution in [0, 0.1) is 6.92 Å². The van der Waals surface area contributed by atoms with Crippen LogP contribution in [0.15, 0.2) is 91.0 Å². The van der Waals surface area contributed by atoms with E-state index in [-0.39, 0.29) is 5.75 Å². The van der Waals surface area contributed by atoms with Crippen LogP contribution >= 0.6 is 0 Å². The van der Waals surface area contributed by atoms with Gasteiger partial charge in [0.2, 0.25) is 0 Å². The number of para-hydroxylation sites is 1. The molecule has 132 valence electrons. The third-order valence-electron chi connectivity index (χ3n) is 4.80. The lowest BCUT2D eigenvalue weighted by atomic mass is 9.94. The van der Waals surface area contributed by atoms with E-state index in [9.17, 15) is 5.11 Å². The summed E-state index contributed by atoms with van der Waals surface area (Å²) in [6.45, 7) is 2.04. The first-order chi connectivity index (χ1) is 13.2. The highest BCUT2D eigenvalue weighted by molar-refractivity contribution is 5.84. The Bertz CT molecular complexity index is 1060. The van der Waals surface area contributed by atoms with E-state index >= 15 is 0 Å². The van der Waals surface area contributed by atoms with Crippen molar-refractivity contribution < 1.29 is 5.11 Å². The lowest BCUT2D eigenvalue weighted by Gasteiger charge is -2.15. The van der Waals surface area contributed by atoms with Gasteiger partial charge in [0.1, 0.15) is 5.75 Å². The monoisotopic (exact) mass is 351 g/mol. The fourth-order valence-corrected chi connectivity index (χ4v) is 3.36. The van der Waals surface area contributed by atoms with Gasteiger partial charge in [0.25, 0.3) is 0 Å². The molecule has 3 aromatic carbocycles. The Kier molecular flexibility index (Phi) is 4.71. The second-order valence-corrected chi connectivity index (χ2v) is 6.67. The third-order valence-corrected chi connectivity index (χ3v) is 4.80. The molecule has 4 rings (SSSR count). The van der Waals surface area contributed by atoms with Gasteiger partial charge in [0.05, 0.1) is 5.69 Å². The van der Waals surface area contributed by atoms with E-state index in [0.29, 0.717) is 0 Å². The molecular weight excluding hydrogens is 330 g/mol. The number of phenols is 1. The molecular formula is C25H21NO. The second-order valence-electron chi connectivity index (χ2n) is 6.67. The summed E-state index contributed by atoms with van der Waals surface area (Å²) < 4.78 is 0. The fraction of sp³-hybridized carbons (Fsp3) is 0.0800. The molecule has 1 N–H and O–H groups in total. The zero-order valence-electron chi connectivity index (χ0n) is 15.3. The van der Waals surface area contributed by atoms with Gasteiger partial charge in [-0.15, -0.1) is 0 Å². The zero-order valence-corrected chi connectivity index (χ0v) is 15.3. The highest BCUT2D eigenvalue weighted by Gasteiger charge is 2.15. The molecule has 1 heterocycles. The minimum absolute atomic E-state index is 0.248. The number of aromatic nitrogens is 1. The lowest BCUT2D eigenvalue weighted by Crippen LogP contribution is -2.00. The van der Waals surface area contributed by atoms with Crippen molar-refractivity contribution in [1.82, 2.24) is 4.98 Å². The number of nitrogens with zero attached hydrogens (tertiary/aromatic N) is 1. The predicted molar refractivity (Wildman–Crippen MR) is 111 cm³/mol. The molecule has 0 unspecified atom stereocenters. The van der Waals surface area contributed by atoms with Crippen molar-refractivity contribution >= 4 is 0 Å². The van der Waals surface area contributed by atoms with Crippen LogP contribution in [0.5, 0.6) is 5.75 Å². The standard InChI is InChI=1S/C25H21NO/c1-18-21(16-19-10-4-2-5-11-19)17-23(20-12-6-3-7-13-20)25(26-18)22-14-8-9-15-24(22)27/h2-15,17,27H,16H2,1H3. The molecule has 0 fully saturated rings. The molecule has 27 heavy (non-hydrogen) atoms. The van der Waals surface area contributed by atoms with Crippen LogP contribution < -0.4 is 0 Å². The molecule has 0 amide bonds. The minimum atomic E-state index is 0.248. The van der Waals surface area contributed by atoms with Crippen LogP contribution in [-0.2, 0) is 6.42 Å². The minimum Gasteiger partial charge on any atom is -0.507 e. The van der Waals surface area contributed by atoms with Crippen molar-refractivity contribution in [1.29, 1.82) is 0 Å². The van der Waals surface area contributed by atoms with E-state index in [1.54, 1.807) is 6.07 Å². The molecule has 4 aromatic rings. The summed E-state index contributed by atoms with van der Waals surface area (Å²) >= 11 is 0. The Morgan fingerprint density at radius 3 is 2.07 bits per heavy atom. The van der Waals surface area contributed by atoms with Crippen LogP contribution in [0.3, 0.4) is 0 Å². The van der Waals surface area contributed by atoms with Gasteiger partial charge < -0.3 is 5.11 Å². The molecule has 0 saturated carbocycles. The maximum atomic E-state index is 10.4. The van der Waals surface area contributed by atoms with Gasteiger partial charge in [0, 0.05) is 16.8 Å². The van der Waals surface area contributed by atoms with E-state index in [0.717, 1.165) is 34.5 Å². The van der Waals surface area contributed by atoms with E-state index in [1.807, 2.05) is 49.4 Å². The molecule has 0 aliphatic carbocycles. The first-order valence-corrected chi connectivity index (χ1v) is 9.10. The summed E-state index contributed by atoms with van der Waals surface area (Å²) in [5.74, 6) is 0.248. The summed E-state index contributed by atoms with van der Waals surface area (Å²) in [4.78, 5) is 4.92. The molecule has 0 radical (unpaired) electrons. The first kappa shape index (κ1) is 17.0. The number of hydrogen-bond acceptors (Lipinski definition) is 2. The van der Waals surface area contributed by atoms with Crippen molar-refractivity contribution in [3.8, 4) is 28.1 Å². The van der Waals surface area contributed by atoms with Gasteiger partial charge >= 0.3 is 0 Å². The zero-order chi connectivity index (χ0) is 18.6. The van der Waals surface area contributed by atoms with Crippen LogP contribution in [0.1, 0.15) is 16.8 Å². The van der Waals surface area contributed by atoms with Gasteiger partial charge in [0.15, 0.2) is 0 Å². The Morgan fingerprint density at radius 1 is 0.741 bits per heavy atom. The van der Waals surface area contributed by atoms with E-state index in [4.69, 9.17) is 4.98 Å². The molecule has 0 bridgehead atoms. The van der Waals surface area contributed by atoms with Gasteiger partial charge in [-0.3, -0.25) is 4.98 Å². The summed E-state index contributed by atoms with van der Waals surface area (Å²) in [5, 5.41) is 10.4. The van der Waals surface area contributed by atoms with Gasteiger partial charge in [-0.25, -0.2) is 0 Å². The molecule has 0 aliphatic rings. The maximum Gasteiger partial charge on any atom is 0.124 e. The van der Waals surface area contributed by atoms with Gasteiger partial charge in [-0.2, -0.15) is 0 Å². The summed E-state index contributed by atoms with van der Waals surface area (Å²) in [6.07, 6.45) is 0.834. The number of rotatable bonds is 4. The first-order valence-electron chi connectivity index (χ1n) is 9.10. The van der Waals surface area contributed by atoms with Gasteiger partial charge in [-0.1, -0.05) is 72.8 Å². The Hall–Kier alpha value is -3.39. The smallest absolute Gasteiger partial charge is 0.124 e. The molecule has 0 atom stereocenters. The Morgan fingerprint density at radius 2 is 1.37 bits per heavy atom. The van der Waals surface area contributed by atoms with Crippen LogP contribution in [0.4, 0.5) is 0 Å².